The van der Waals surface area contributed by atoms with Gasteiger partial charge in [0.05, 0.1) is 12.2 Å². The number of aliphatic imine (C=N–C) groups is 1. The molecule has 2 unspecified atom stereocenters. The van der Waals surface area contributed by atoms with E-state index in [1.54, 1.807) is 7.11 Å². The van der Waals surface area contributed by atoms with Gasteiger partial charge in [0.1, 0.15) is 0 Å². The fourth-order valence-electron chi connectivity index (χ4n) is 3.96. The van der Waals surface area contributed by atoms with Gasteiger partial charge in [0.15, 0.2) is 5.96 Å². The fourth-order valence-corrected chi connectivity index (χ4v) is 3.96. The Bertz CT molecular complexity index is 447. The number of hydrogen-bond donors (Lipinski definition) is 2. The van der Waals surface area contributed by atoms with Gasteiger partial charge in [-0.3, -0.25) is 4.99 Å². The average molecular weight is 355 g/mol. The maximum Gasteiger partial charge on any atom is 0.191 e. The van der Waals surface area contributed by atoms with Crippen molar-refractivity contribution >= 4 is 5.96 Å². The van der Waals surface area contributed by atoms with Crippen molar-refractivity contribution < 1.29 is 9.47 Å². The van der Waals surface area contributed by atoms with Gasteiger partial charge in [-0.05, 0) is 45.2 Å². The first-order chi connectivity index (χ1) is 11.9. The second-order valence-electron chi connectivity index (χ2n) is 8.29. The number of hydrogen-bond acceptors (Lipinski definition) is 4. The number of nitrogens with one attached hydrogen (secondary N) is 2. The maximum atomic E-state index is 5.71. The molecule has 146 valence electrons. The number of ether oxygens (including phenoxy) is 2. The molecule has 2 N–H and O–H groups in total. The molecule has 6 heteroatoms. The molecule has 6 nitrogen and oxygen atoms in total. The van der Waals surface area contributed by atoms with E-state index in [0.717, 1.165) is 38.0 Å². The molecule has 0 amide bonds. The van der Waals surface area contributed by atoms with Crippen molar-refractivity contribution in [3.63, 3.8) is 0 Å². The molecule has 25 heavy (non-hydrogen) atoms. The van der Waals surface area contributed by atoms with Crippen molar-refractivity contribution in [2.24, 2.45) is 16.3 Å². The van der Waals surface area contributed by atoms with Gasteiger partial charge in [-0.2, -0.15) is 0 Å². The first kappa shape index (κ1) is 20.5. The van der Waals surface area contributed by atoms with Crippen LogP contribution in [0.3, 0.4) is 0 Å². The zero-order valence-corrected chi connectivity index (χ0v) is 17.0. The topological polar surface area (TPSA) is 58.1 Å². The molecule has 0 radical (unpaired) electrons. The van der Waals surface area contributed by atoms with E-state index in [9.17, 15) is 0 Å². The third kappa shape index (κ3) is 4.66. The van der Waals surface area contributed by atoms with E-state index in [2.05, 4.69) is 41.3 Å². The molecule has 0 aromatic heterocycles. The normalized spacial score (nSPS) is 30.8. The van der Waals surface area contributed by atoms with Crippen LogP contribution < -0.4 is 10.6 Å². The van der Waals surface area contributed by atoms with Gasteiger partial charge in [0.2, 0.25) is 0 Å². The summed E-state index contributed by atoms with van der Waals surface area (Å²) in [6.07, 6.45) is 3.49. The lowest BCUT2D eigenvalue weighted by atomic mass is 9.56. The molecular formula is C19H38N4O2. The smallest absolute Gasteiger partial charge is 0.191 e. The largest absolute Gasteiger partial charge is 0.383 e. The Morgan fingerprint density at radius 3 is 2.40 bits per heavy atom. The number of guanidine groups is 1. The molecule has 0 spiro atoms. The van der Waals surface area contributed by atoms with Crippen molar-refractivity contribution in [1.82, 2.24) is 15.5 Å². The molecule has 1 saturated carbocycles. The molecular weight excluding hydrogens is 316 g/mol. The van der Waals surface area contributed by atoms with Gasteiger partial charge in [0.25, 0.3) is 0 Å². The standard InChI is InChI=1S/C19H38N4O2/c1-18(2)16(13-19(18,3)25-6)22-17(20-4)21-14-15-7-9-23(10-8-15)11-12-24-5/h15-16H,7-14H2,1-6H3,(H2,20,21,22). The maximum absolute atomic E-state index is 5.71. The van der Waals surface area contributed by atoms with E-state index in [0.29, 0.717) is 6.04 Å². The van der Waals surface area contributed by atoms with Crippen LogP contribution in [0.1, 0.15) is 40.0 Å². The highest BCUT2D eigenvalue weighted by Gasteiger charge is 2.58. The molecule has 2 fully saturated rings. The van der Waals surface area contributed by atoms with Gasteiger partial charge in [-0.1, -0.05) is 13.8 Å². The van der Waals surface area contributed by atoms with Gasteiger partial charge < -0.3 is 25.0 Å². The van der Waals surface area contributed by atoms with Crippen LogP contribution >= 0.6 is 0 Å². The van der Waals surface area contributed by atoms with Gasteiger partial charge in [-0.25, -0.2) is 0 Å². The third-order valence-electron chi connectivity index (χ3n) is 6.69. The van der Waals surface area contributed by atoms with Crippen molar-refractivity contribution in [3.8, 4) is 0 Å². The second kappa shape index (κ2) is 8.69. The van der Waals surface area contributed by atoms with Gasteiger partial charge >= 0.3 is 0 Å². The lowest BCUT2D eigenvalue weighted by molar-refractivity contribution is -0.176. The molecule has 1 heterocycles. The van der Waals surface area contributed by atoms with Gasteiger partial charge in [0, 0.05) is 45.8 Å². The predicted octanol–water partition coefficient (Wildman–Crippen LogP) is 1.71. The zero-order chi connectivity index (χ0) is 18.5. The Labute approximate surface area is 153 Å². The van der Waals surface area contributed by atoms with E-state index < -0.39 is 0 Å². The average Bonchev–Trinajstić information content (AvgIpc) is 2.63. The number of likely N-dealkylation sites (tertiary alicyclic amines) is 1. The third-order valence-corrected chi connectivity index (χ3v) is 6.69. The van der Waals surface area contributed by atoms with Crippen LogP contribution in [0.2, 0.25) is 0 Å². The van der Waals surface area contributed by atoms with Crippen LogP contribution in [0.4, 0.5) is 0 Å². The zero-order valence-electron chi connectivity index (χ0n) is 17.0. The molecule has 0 aromatic carbocycles. The highest BCUT2D eigenvalue weighted by atomic mass is 16.5. The highest BCUT2D eigenvalue weighted by Crippen LogP contribution is 2.51. The summed E-state index contributed by atoms with van der Waals surface area (Å²) >= 11 is 0. The first-order valence-electron chi connectivity index (χ1n) is 9.60. The number of rotatable bonds is 7. The van der Waals surface area contributed by atoms with Crippen LogP contribution in [-0.2, 0) is 9.47 Å². The Hall–Kier alpha value is -0.850. The van der Waals surface area contributed by atoms with Gasteiger partial charge in [-0.15, -0.1) is 0 Å². The fraction of sp³-hybridized carbons (Fsp3) is 0.947. The van der Waals surface area contributed by atoms with Crippen molar-refractivity contribution in [2.75, 3.05) is 54.1 Å². The summed E-state index contributed by atoms with van der Waals surface area (Å²) in [6.45, 7) is 11.9. The van der Waals surface area contributed by atoms with Crippen LogP contribution in [0.5, 0.6) is 0 Å². The molecule has 0 bridgehead atoms. The van der Waals surface area contributed by atoms with E-state index >= 15 is 0 Å². The van der Waals surface area contributed by atoms with E-state index in [1.807, 2.05) is 14.2 Å². The number of nitrogens with zero attached hydrogens (tertiary/aromatic N) is 2. The summed E-state index contributed by atoms with van der Waals surface area (Å²) in [5, 5.41) is 7.13. The minimum atomic E-state index is -0.0570. The molecule has 1 aliphatic carbocycles. The number of piperidine rings is 1. The summed E-state index contributed by atoms with van der Waals surface area (Å²) in [4.78, 5) is 6.91. The van der Waals surface area contributed by atoms with E-state index in [4.69, 9.17) is 9.47 Å². The molecule has 2 aliphatic rings. The van der Waals surface area contributed by atoms with E-state index in [-0.39, 0.29) is 11.0 Å². The first-order valence-corrected chi connectivity index (χ1v) is 9.60. The quantitative estimate of drug-likeness (QED) is 0.538. The molecule has 1 aliphatic heterocycles. The SMILES string of the molecule is CN=C(NCC1CCN(CCOC)CC1)NC1CC(C)(OC)C1(C)C. The second-order valence-corrected chi connectivity index (χ2v) is 8.29. The summed E-state index contributed by atoms with van der Waals surface area (Å²) in [5.41, 5.74) is 0.0323. The Kier molecular flexibility index (Phi) is 7.11. The predicted molar refractivity (Wildman–Crippen MR) is 103 cm³/mol. The van der Waals surface area contributed by atoms with Crippen molar-refractivity contribution in [3.05, 3.63) is 0 Å². The van der Waals surface area contributed by atoms with Crippen LogP contribution in [0.15, 0.2) is 4.99 Å². The summed E-state index contributed by atoms with van der Waals surface area (Å²) in [7, 11) is 5.43. The minimum Gasteiger partial charge on any atom is -0.383 e. The van der Waals surface area contributed by atoms with Crippen molar-refractivity contribution in [1.29, 1.82) is 0 Å². The highest BCUT2D eigenvalue weighted by molar-refractivity contribution is 5.80. The summed E-state index contributed by atoms with van der Waals surface area (Å²) < 4.78 is 10.9. The van der Waals surface area contributed by atoms with Crippen LogP contribution in [0, 0.1) is 11.3 Å². The summed E-state index contributed by atoms with van der Waals surface area (Å²) in [5.74, 6) is 1.63. The molecule has 2 atom stereocenters. The Balaban J connectivity index is 1.72. The van der Waals surface area contributed by atoms with Crippen LogP contribution in [-0.4, -0.2) is 76.6 Å². The van der Waals surface area contributed by atoms with E-state index in [1.165, 1.54) is 25.9 Å². The molecule has 1 saturated heterocycles. The Morgan fingerprint density at radius 2 is 1.88 bits per heavy atom. The molecule has 2 rings (SSSR count). The minimum absolute atomic E-state index is 0.0570. The van der Waals surface area contributed by atoms with Crippen LogP contribution in [0.25, 0.3) is 0 Å². The number of methoxy groups -OCH3 is 2. The summed E-state index contributed by atoms with van der Waals surface area (Å²) in [6, 6.07) is 0.388. The molecule has 0 aromatic rings. The Morgan fingerprint density at radius 1 is 1.20 bits per heavy atom. The lowest BCUT2D eigenvalue weighted by Crippen LogP contribution is -2.69. The monoisotopic (exact) mass is 354 g/mol. The van der Waals surface area contributed by atoms with Crippen molar-refractivity contribution in [2.45, 2.75) is 51.7 Å². The lowest BCUT2D eigenvalue weighted by Gasteiger charge is -2.59.